The average Bonchev–Trinajstić information content (AvgIpc) is 3.53. The van der Waals surface area contributed by atoms with Gasteiger partial charge in [-0.2, -0.15) is 0 Å². The highest BCUT2D eigenvalue weighted by Crippen LogP contribution is 2.58. The lowest BCUT2D eigenvalue weighted by atomic mass is 9.94. The minimum Gasteiger partial charge on any atom is -0.444 e. The van der Waals surface area contributed by atoms with E-state index in [9.17, 15) is 4.79 Å². The van der Waals surface area contributed by atoms with Crippen LogP contribution in [0, 0.1) is 31.6 Å². The minimum absolute atomic E-state index is 0.0192. The number of piperidine rings is 1. The number of aryl methyl sites for hydroxylation is 2. The number of ether oxygens (including phenoxy) is 2. The lowest BCUT2D eigenvalue weighted by Gasteiger charge is -2.27. The molecule has 1 saturated carbocycles. The van der Waals surface area contributed by atoms with Gasteiger partial charge in [0.25, 0.3) is 0 Å². The highest BCUT2D eigenvalue weighted by Gasteiger charge is 2.66. The molecule has 7 heteroatoms. The van der Waals surface area contributed by atoms with Crippen LogP contribution in [0.1, 0.15) is 51.7 Å². The van der Waals surface area contributed by atoms with Gasteiger partial charge in [-0.15, -0.1) is 0 Å². The number of likely N-dealkylation sites (tertiary alicyclic amines) is 1. The van der Waals surface area contributed by atoms with E-state index >= 15 is 0 Å². The summed E-state index contributed by atoms with van der Waals surface area (Å²) in [6.07, 6.45) is 0.0315. The molecule has 2 saturated heterocycles. The number of hydrogen-bond donors (Lipinski definition) is 1. The third-order valence-corrected chi connectivity index (χ3v) is 6.95. The smallest absolute Gasteiger partial charge is 0.410 e. The molecule has 32 heavy (non-hydrogen) atoms. The van der Waals surface area contributed by atoms with Crippen molar-refractivity contribution in [1.29, 1.82) is 0 Å². The number of para-hydroxylation sites is 1. The van der Waals surface area contributed by atoms with Crippen LogP contribution >= 0.6 is 0 Å². The Bertz CT molecular complexity index is 1060. The summed E-state index contributed by atoms with van der Waals surface area (Å²) in [5.41, 5.74) is 2.37. The van der Waals surface area contributed by atoms with Crippen LogP contribution in [0.25, 0.3) is 10.9 Å². The van der Waals surface area contributed by atoms with Crippen LogP contribution in [-0.4, -0.2) is 52.0 Å². The van der Waals surface area contributed by atoms with Gasteiger partial charge in [-0.05, 0) is 71.8 Å². The third kappa shape index (κ3) is 3.86. The van der Waals surface area contributed by atoms with Gasteiger partial charge in [0, 0.05) is 18.5 Å². The molecule has 0 radical (unpaired) electrons. The van der Waals surface area contributed by atoms with E-state index in [0.29, 0.717) is 17.8 Å². The van der Waals surface area contributed by atoms with Crippen molar-refractivity contribution in [2.24, 2.45) is 17.8 Å². The Kier molecular flexibility index (Phi) is 4.81. The number of epoxide rings is 1. The van der Waals surface area contributed by atoms with Gasteiger partial charge in [0.2, 0.25) is 0 Å². The van der Waals surface area contributed by atoms with E-state index in [1.165, 1.54) is 0 Å². The largest absolute Gasteiger partial charge is 0.444 e. The summed E-state index contributed by atoms with van der Waals surface area (Å²) in [6, 6.07) is 6.25. The highest BCUT2D eigenvalue weighted by molar-refractivity contribution is 5.84. The molecule has 2 aliphatic heterocycles. The Morgan fingerprint density at radius 2 is 1.81 bits per heavy atom. The van der Waals surface area contributed by atoms with Crippen LogP contribution < -0.4 is 5.32 Å². The van der Waals surface area contributed by atoms with Crippen molar-refractivity contribution in [3.05, 3.63) is 35.3 Å². The van der Waals surface area contributed by atoms with Crippen molar-refractivity contribution < 1.29 is 14.3 Å². The quantitative estimate of drug-likeness (QED) is 0.729. The Labute approximate surface area is 189 Å². The molecule has 7 nitrogen and oxygen atoms in total. The predicted molar refractivity (Wildman–Crippen MR) is 122 cm³/mol. The normalized spacial score (nSPS) is 29.2. The van der Waals surface area contributed by atoms with Gasteiger partial charge in [0.1, 0.15) is 23.8 Å². The molecule has 1 amide bonds. The lowest BCUT2D eigenvalue weighted by Crippen LogP contribution is -2.41. The van der Waals surface area contributed by atoms with Gasteiger partial charge in [-0.1, -0.05) is 18.2 Å². The van der Waals surface area contributed by atoms with Crippen molar-refractivity contribution in [2.75, 3.05) is 13.1 Å². The molecule has 3 heterocycles. The molecular formula is C25H34N4O3. The molecule has 3 aliphatic rings. The van der Waals surface area contributed by atoms with Gasteiger partial charge in [0.05, 0.1) is 16.7 Å². The van der Waals surface area contributed by atoms with Crippen LogP contribution in [0.4, 0.5) is 4.79 Å². The van der Waals surface area contributed by atoms with Gasteiger partial charge < -0.3 is 14.4 Å². The number of carbonyl (C=O) groups excluding carboxylic acids is 1. The molecule has 5 atom stereocenters. The second-order valence-electron chi connectivity index (χ2n) is 11.2. The zero-order valence-electron chi connectivity index (χ0n) is 20.1. The van der Waals surface area contributed by atoms with Gasteiger partial charge >= 0.3 is 6.09 Å². The van der Waals surface area contributed by atoms with Crippen molar-refractivity contribution in [3.63, 3.8) is 0 Å². The first kappa shape index (κ1) is 21.6. The first-order chi connectivity index (χ1) is 14.9. The standard InChI is InChI=1S/C25H34N4O3/c1-13-9-8-10-15-19(13)26-14(2)27-21(15)25(6,7)28-22-20(31-22)18-16-11-29(12-17(16)18)23(30)32-24(3,4)5/h8-10,16-18,20,22,28H,11-12H2,1-7H3/t16-,17+,18?,20?,22?. The van der Waals surface area contributed by atoms with Crippen LogP contribution in [0.2, 0.25) is 0 Å². The minimum atomic E-state index is -0.453. The van der Waals surface area contributed by atoms with Crippen LogP contribution in [0.3, 0.4) is 0 Å². The number of fused-ring (bicyclic) bond motifs is 2. The topological polar surface area (TPSA) is 79.9 Å². The summed E-state index contributed by atoms with van der Waals surface area (Å²) in [7, 11) is 0. The number of nitrogens with one attached hydrogen (secondary N) is 1. The molecule has 172 valence electrons. The molecule has 5 rings (SSSR count). The first-order valence-corrected chi connectivity index (χ1v) is 11.6. The maximum Gasteiger partial charge on any atom is 0.410 e. The van der Waals surface area contributed by atoms with E-state index in [1.54, 1.807) is 0 Å². The maximum atomic E-state index is 12.3. The number of aromatic nitrogens is 2. The molecule has 1 aromatic heterocycles. The summed E-state index contributed by atoms with van der Waals surface area (Å²) < 4.78 is 11.6. The summed E-state index contributed by atoms with van der Waals surface area (Å²) in [5.74, 6) is 2.34. The van der Waals surface area contributed by atoms with Gasteiger partial charge in [-0.25, -0.2) is 14.8 Å². The molecule has 3 unspecified atom stereocenters. The van der Waals surface area contributed by atoms with Crippen LogP contribution in [0.15, 0.2) is 18.2 Å². The fourth-order valence-electron chi connectivity index (χ4n) is 5.38. The molecule has 1 aliphatic carbocycles. The molecule has 0 bridgehead atoms. The van der Waals surface area contributed by atoms with Gasteiger partial charge in [-0.3, -0.25) is 5.32 Å². The van der Waals surface area contributed by atoms with E-state index in [2.05, 4.69) is 49.3 Å². The summed E-state index contributed by atoms with van der Waals surface area (Å²) in [5, 5.41) is 4.78. The molecule has 1 aromatic carbocycles. The zero-order chi connectivity index (χ0) is 23.0. The zero-order valence-corrected chi connectivity index (χ0v) is 20.1. The predicted octanol–water partition coefficient (Wildman–Crippen LogP) is 3.91. The second kappa shape index (κ2) is 7.12. The lowest BCUT2D eigenvalue weighted by molar-refractivity contribution is 0.0263. The fraction of sp³-hybridized carbons (Fsp3) is 0.640. The Morgan fingerprint density at radius 3 is 2.47 bits per heavy atom. The van der Waals surface area contributed by atoms with Crippen molar-refractivity contribution in [3.8, 4) is 0 Å². The van der Waals surface area contributed by atoms with Crippen molar-refractivity contribution >= 4 is 17.0 Å². The van der Waals surface area contributed by atoms with Crippen molar-refractivity contribution in [2.45, 2.75) is 71.9 Å². The Balaban J connectivity index is 1.23. The number of rotatable bonds is 4. The van der Waals surface area contributed by atoms with E-state index < -0.39 is 5.60 Å². The Morgan fingerprint density at radius 1 is 1.12 bits per heavy atom. The fourth-order valence-corrected chi connectivity index (χ4v) is 5.38. The maximum absolute atomic E-state index is 12.3. The second-order valence-corrected chi connectivity index (χ2v) is 11.2. The average molecular weight is 439 g/mol. The summed E-state index contributed by atoms with van der Waals surface area (Å²) in [4.78, 5) is 23.7. The highest BCUT2D eigenvalue weighted by atomic mass is 16.6. The number of benzene rings is 1. The number of amides is 1. The van der Waals surface area contributed by atoms with Crippen molar-refractivity contribution in [1.82, 2.24) is 20.2 Å². The third-order valence-electron chi connectivity index (χ3n) is 6.95. The van der Waals surface area contributed by atoms with E-state index in [4.69, 9.17) is 14.5 Å². The summed E-state index contributed by atoms with van der Waals surface area (Å²) >= 11 is 0. The van der Waals surface area contributed by atoms with E-state index in [0.717, 1.165) is 41.1 Å². The molecule has 1 N–H and O–H groups in total. The van der Waals surface area contributed by atoms with E-state index in [-0.39, 0.29) is 24.0 Å². The van der Waals surface area contributed by atoms with Gasteiger partial charge in [0.15, 0.2) is 0 Å². The SMILES string of the molecule is Cc1nc(C(C)(C)NC2OC2C2[C@H]3CN(C(=O)OC(C)(C)C)C[C@@H]23)c2cccc(C)c2n1. The molecule has 2 aromatic rings. The molecule has 0 spiro atoms. The van der Waals surface area contributed by atoms with Crippen LogP contribution in [0.5, 0.6) is 0 Å². The molecule has 3 fully saturated rings. The van der Waals surface area contributed by atoms with E-state index in [1.807, 2.05) is 32.6 Å². The summed E-state index contributed by atoms with van der Waals surface area (Å²) in [6.45, 7) is 15.6. The monoisotopic (exact) mass is 438 g/mol. The van der Waals surface area contributed by atoms with Crippen LogP contribution in [-0.2, 0) is 15.0 Å². The number of hydrogen-bond acceptors (Lipinski definition) is 6. The Hall–Kier alpha value is -2.25. The number of carbonyl (C=O) groups is 1. The number of nitrogens with zero attached hydrogens (tertiary/aromatic N) is 3. The molecular weight excluding hydrogens is 404 g/mol. The first-order valence-electron chi connectivity index (χ1n) is 11.6.